The third-order valence-electron chi connectivity index (χ3n) is 6.77. The van der Waals surface area contributed by atoms with Crippen LogP contribution in [0.1, 0.15) is 6.92 Å². The highest BCUT2D eigenvalue weighted by molar-refractivity contribution is 6.41. The number of aromatic nitrogens is 2. The second-order valence-corrected chi connectivity index (χ2v) is 9.81. The van der Waals surface area contributed by atoms with Gasteiger partial charge in [-0.2, -0.15) is 4.65 Å². The van der Waals surface area contributed by atoms with Crippen LogP contribution in [0.15, 0.2) is 42.7 Å². The Bertz CT molecular complexity index is 1290. The molecule has 3 N–H and O–H groups in total. The van der Waals surface area contributed by atoms with Gasteiger partial charge < -0.3 is 25.0 Å². The number of urea groups is 1. The number of methoxy groups -OCH3 is 2. The number of hydrogen-bond donors (Lipinski definition) is 3. The standard InChI is InChI=1S/C26H31Cl2N7O4/c1-5-35(37)12-10-34(11-13-35)18-8-6-17(7-9-18)31-21-15-22(30-16-29-21)33(2)26(36)32-25-23(27)19(38-3)14-20(39-4)24(25)28/h6-9,14-16,37H,5,10-13H2,1-4H3,(H-,29,30,31,32,36)/p+1. The molecule has 1 aliphatic rings. The Morgan fingerprint density at radius 3 is 2.26 bits per heavy atom. The van der Waals surface area contributed by atoms with Crippen molar-refractivity contribution in [3.05, 3.63) is 52.8 Å². The summed E-state index contributed by atoms with van der Waals surface area (Å²) in [7, 11) is 4.47. The molecule has 0 spiro atoms. The molecule has 2 amide bonds. The highest BCUT2D eigenvalue weighted by atomic mass is 35.5. The van der Waals surface area contributed by atoms with Crippen LogP contribution in [0.5, 0.6) is 11.5 Å². The van der Waals surface area contributed by atoms with Gasteiger partial charge in [0.05, 0.1) is 33.0 Å². The Balaban J connectivity index is 1.43. The molecule has 0 unspecified atom stereocenters. The normalized spacial score (nSPS) is 14.5. The minimum absolute atomic E-state index is 0.118. The number of nitrogens with one attached hydrogen (secondary N) is 2. The van der Waals surface area contributed by atoms with Gasteiger partial charge in [-0.25, -0.2) is 20.0 Å². The first-order valence-corrected chi connectivity index (χ1v) is 13.1. The number of ether oxygens (including phenoxy) is 2. The lowest BCUT2D eigenvalue weighted by Crippen LogP contribution is -2.57. The summed E-state index contributed by atoms with van der Waals surface area (Å²) in [5.41, 5.74) is 2.08. The zero-order chi connectivity index (χ0) is 28.2. The Morgan fingerprint density at radius 2 is 1.69 bits per heavy atom. The van der Waals surface area contributed by atoms with Crippen LogP contribution in [0.2, 0.25) is 10.0 Å². The Hall–Kier alpha value is -3.51. The number of carbonyl (C=O) groups excluding carboxylic acids is 1. The molecule has 13 heteroatoms. The van der Waals surface area contributed by atoms with E-state index in [1.807, 2.05) is 31.2 Å². The molecule has 0 saturated carbocycles. The molecule has 2 heterocycles. The largest absolute Gasteiger partial charge is 0.495 e. The van der Waals surface area contributed by atoms with Crippen LogP contribution >= 0.6 is 23.2 Å². The number of amides is 2. The van der Waals surface area contributed by atoms with Crippen molar-refractivity contribution in [2.45, 2.75) is 6.92 Å². The topological polar surface area (TPSA) is 112 Å². The molecule has 0 atom stereocenters. The van der Waals surface area contributed by atoms with Gasteiger partial charge in [0.25, 0.3) is 0 Å². The Morgan fingerprint density at radius 1 is 1.08 bits per heavy atom. The highest BCUT2D eigenvalue weighted by Gasteiger charge is 2.30. The lowest BCUT2D eigenvalue weighted by Gasteiger charge is -2.38. The zero-order valence-electron chi connectivity index (χ0n) is 22.2. The van der Waals surface area contributed by atoms with Gasteiger partial charge in [-0.05, 0) is 31.2 Å². The Labute approximate surface area is 237 Å². The molecule has 1 saturated heterocycles. The van der Waals surface area contributed by atoms with E-state index in [-0.39, 0.29) is 20.4 Å². The van der Waals surface area contributed by atoms with Crippen molar-refractivity contribution >= 4 is 57.9 Å². The SMILES string of the molecule is CC[N+]1(O)CCN(c2ccc(Nc3cc(N(C)C(=O)Nc4c(Cl)c(OC)cc(OC)c4Cl)ncn3)cc2)CC1. The van der Waals surface area contributed by atoms with E-state index in [1.54, 1.807) is 13.1 Å². The number of hydrogen-bond acceptors (Lipinski definition) is 8. The number of likely N-dealkylation sites (N-methyl/N-ethyl adjacent to an activating group) is 1. The molecule has 39 heavy (non-hydrogen) atoms. The number of anilines is 5. The van der Waals surface area contributed by atoms with E-state index in [1.165, 1.54) is 31.5 Å². The summed E-state index contributed by atoms with van der Waals surface area (Å²) in [6, 6.07) is 10.6. The highest BCUT2D eigenvalue weighted by Crippen LogP contribution is 2.44. The summed E-state index contributed by atoms with van der Waals surface area (Å²) >= 11 is 12.8. The monoisotopic (exact) mass is 576 g/mol. The summed E-state index contributed by atoms with van der Waals surface area (Å²) in [5, 5.41) is 16.7. The first-order chi connectivity index (χ1) is 18.7. The summed E-state index contributed by atoms with van der Waals surface area (Å²) in [5.74, 6) is 1.46. The number of carbonyl (C=O) groups is 1. The van der Waals surface area contributed by atoms with Gasteiger partial charge in [0, 0.05) is 30.6 Å². The molecule has 2 aromatic carbocycles. The molecular weight excluding hydrogens is 545 g/mol. The van der Waals surface area contributed by atoms with Crippen LogP contribution in [0.4, 0.5) is 33.5 Å². The van der Waals surface area contributed by atoms with Crippen molar-refractivity contribution in [3.63, 3.8) is 0 Å². The van der Waals surface area contributed by atoms with Crippen LogP contribution < -0.4 is 29.9 Å². The van der Waals surface area contributed by atoms with E-state index in [2.05, 4.69) is 25.5 Å². The van der Waals surface area contributed by atoms with Gasteiger partial charge in [0.15, 0.2) is 0 Å². The predicted octanol–water partition coefficient (Wildman–Crippen LogP) is 5.26. The molecule has 3 aromatic rings. The van der Waals surface area contributed by atoms with Crippen LogP contribution in [-0.2, 0) is 0 Å². The smallest absolute Gasteiger partial charge is 0.327 e. The van der Waals surface area contributed by atoms with E-state index < -0.39 is 6.03 Å². The molecule has 1 aromatic heterocycles. The minimum atomic E-state index is -0.529. The van der Waals surface area contributed by atoms with Crippen molar-refractivity contribution in [2.24, 2.45) is 0 Å². The summed E-state index contributed by atoms with van der Waals surface area (Å²) in [6.45, 7) is 5.70. The summed E-state index contributed by atoms with van der Waals surface area (Å²) in [4.78, 5) is 25.1. The van der Waals surface area contributed by atoms with Crippen LogP contribution in [-0.4, -0.2) is 79.8 Å². The van der Waals surface area contributed by atoms with Crippen molar-refractivity contribution in [1.82, 2.24) is 9.97 Å². The average Bonchev–Trinajstić information content (AvgIpc) is 2.96. The fourth-order valence-electron chi connectivity index (χ4n) is 4.20. The van der Waals surface area contributed by atoms with Crippen molar-refractivity contribution in [1.29, 1.82) is 0 Å². The molecule has 1 fully saturated rings. The molecule has 11 nitrogen and oxygen atoms in total. The minimum Gasteiger partial charge on any atom is -0.495 e. The summed E-state index contributed by atoms with van der Waals surface area (Å²) < 4.78 is 10.6. The van der Waals surface area contributed by atoms with E-state index in [9.17, 15) is 10.0 Å². The van der Waals surface area contributed by atoms with Gasteiger partial charge >= 0.3 is 6.03 Å². The fraction of sp³-hybridized carbons (Fsp3) is 0.346. The molecule has 1 aliphatic heterocycles. The lowest BCUT2D eigenvalue weighted by atomic mass is 10.2. The molecule has 208 valence electrons. The number of hydroxylamine groups is 3. The lowest BCUT2D eigenvalue weighted by molar-refractivity contribution is -1.10. The number of quaternary nitrogens is 1. The molecular formula is C26H32Cl2N7O4+. The third-order valence-corrected chi connectivity index (χ3v) is 7.52. The van der Waals surface area contributed by atoms with Crippen molar-refractivity contribution in [2.75, 3.05) is 74.4 Å². The van der Waals surface area contributed by atoms with Gasteiger partial charge in [-0.3, -0.25) is 4.90 Å². The van der Waals surface area contributed by atoms with E-state index >= 15 is 0 Å². The zero-order valence-corrected chi connectivity index (χ0v) is 23.8. The predicted molar refractivity (Wildman–Crippen MR) is 153 cm³/mol. The maximum Gasteiger partial charge on any atom is 0.327 e. The molecule has 0 radical (unpaired) electrons. The maximum atomic E-state index is 13.0. The fourth-order valence-corrected chi connectivity index (χ4v) is 4.80. The number of piperazine rings is 1. The van der Waals surface area contributed by atoms with Gasteiger partial charge in [0.2, 0.25) is 0 Å². The molecule has 0 bridgehead atoms. The van der Waals surface area contributed by atoms with E-state index in [0.29, 0.717) is 42.8 Å². The molecule has 0 aliphatic carbocycles. The van der Waals surface area contributed by atoms with E-state index in [0.717, 1.165) is 24.5 Å². The van der Waals surface area contributed by atoms with Gasteiger partial charge in [-0.15, -0.1) is 0 Å². The first-order valence-electron chi connectivity index (χ1n) is 12.4. The number of rotatable bonds is 8. The van der Waals surface area contributed by atoms with Crippen LogP contribution in [0.25, 0.3) is 0 Å². The third kappa shape index (κ3) is 6.39. The number of benzene rings is 2. The van der Waals surface area contributed by atoms with Crippen LogP contribution in [0, 0.1) is 0 Å². The van der Waals surface area contributed by atoms with Crippen molar-refractivity contribution in [3.8, 4) is 11.5 Å². The quantitative estimate of drug-likeness (QED) is 0.311. The number of nitrogens with zero attached hydrogens (tertiary/aromatic N) is 5. The summed E-state index contributed by atoms with van der Waals surface area (Å²) in [6.07, 6.45) is 1.37. The first kappa shape index (κ1) is 28.5. The maximum absolute atomic E-state index is 13.0. The number of halogens is 2. The average molecular weight is 577 g/mol. The Kier molecular flexibility index (Phi) is 8.86. The van der Waals surface area contributed by atoms with Crippen molar-refractivity contribution < 1.29 is 24.1 Å². The van der Waals surface area contributed by atoms with Gasteiger partial charge in [0.1, 0.15) is 59.1 Å². The second-order valence-electron chi connectivity index (χ2n) is 9.05. The van der Waals surface area contributed by atoms with Gasteiger partial charge in [-0.1, -0.05) is 23.2 Å². The van der Waals surface area contributed by atoms with Crippen LogP contribution in [0.3, 0.4) is 0 Å². The molecule has 4 rings (SSSR count). The second kappa shape index (κ2) is 12.1. The van der Waals surface area contributed by atoms with E-state index in [4.69, 9.17) is 32.7 Å².